The van der Waals surface area contributed by atoms with Crippen molar-refractivity contribution in [2.45, 2.75) is 43.4 Å². The number of hydrogen-bond acceptors (Lipinski definition) is 8. The Balaban J connectivity index is 1.23. The molecule has 2 atom stereocenters. The lowest BCUT2D eigenvalue weighted by molar-refractivity contribution is -0.120. The van der Waals surface area contributed by atoms with Crippen LogP contribution in [-0.4, -0.2) is 49.5 Å². The van der Waals surface area contributed by atoms with Gasteiger partial charge < -0.3 is 30.0 Å². The van der Waals surface area contributed by atoms with Crippen LogP contribution in [0, 0.1) is 0 Å². The fraction of sp³-hybridized carbons (Fsp3) is 0.289. The Morgan fingerprint density at radius 2 is 1.69 bits per heavy atom. The molecule has 0 radical (unpaired) electrons. The van der Waals surface area contributed by atoms with Gasteiger partial charge in [-0.3, -0.25) is 14.5 Å². The molecule has 3 N–H and O–H groups in total. The summed E-state index contributed by atoms with van der Waals surface area (Å²) in [6, 6.07) is 29.9. The minimum Gasteiger partial charge on any atom is -0.493 e. The molecule has 0 spiro atoms. The highest BCUT2D eigenvalue weighted by Crippen LogP contribution is 2.53. The van der Waals surface area contributed by atoms with Crippen molar-refractivity contribution in [3.63, 3.8) is 0 Å². The Kier molecular flexibility index (Phi) is 11.7. The van der Waals surface area contributed by atoms with Crippen LogP contribution >= 0.6 is 11.8 Å². The van der Waals surface area contributed by atoms with Gasteiger partial charge in [-0.25, -0.2) is 4.79 Å². The first-order valence-electron chi connectivity index (χ1n) is 16.1. The van der Waals surface area contributed by atoms with E-state index in [0.717, 1.165) is 16.7 Å². The van der Waals surface area contributed by atoms with Crippen LogP contribution in [-0.2, 0) is 22.6 Å². The molecule has 0 aliphatic carbocycles. The molecule has 1 saturated heterocycles. The number of ether oxygens (including phenoxy) is 4. The first-order valence-corrected chi connectivity index (χ1v) is 17.0. The molecule has 0 bridgehead atoms. The van der Waals surface area contributed by atoms with E-state index in [1.165, 1.54) is 11.8 Å². The normalized spacial score (nSPS) is 17.0. The van der Waals surface area contributed by atoms with Crippen molar-refractivity contribution in [1.82, 2.24) is 5.32 Å². The molecule has 10 nitrogen and oxygen atoms in total. The molecule has 1 aliphatic heterocycles. The second-order valence-corrected chi connectivity index (χ2v) is 13.2. The molecule has 11 heteroatoms. The molecule has 0 saturated carbocycles. The van der Waals surface area contributed by atoms with E-state index in [0.29, 0.717) is 54.7 Å². The van der Waals surface area contributed by atoms with Crippen molar-refractivity contribution in [3.05, 3.63) is 119 Å². The second kappa shape index (κ2) is 16.3. The maximum Gasteiger partial charge on any atom is 0.407 e. The van der Waals surface area contributed by atoms with Gasteiger partial charge in [0.05, 0.1) is 25.1 Å². The van der Waals surface area contributed by atoms with E-state index in [2.05, 4.69) is 5.32 Å². The summed E-state index contributed by atoms with van der Waals surface area (Å²) in [5.74, 6) is 1.26. The second-order valence-electron chi connectivity index (χ2n) is 11.6. The van der Waals surface area contributed by atoms with Crippen LogP contribution < -0.4 is 30.2 Å². The summed E-state index contributed by atoms with van der Waals surface area (Å²) in [4.78, 5) is 40.4. The third-order valence-corrected chi connectivity index (χ3v) is 9.73. The molecule has 49 heavy (non-hydrogen) atoms. The molecular formula is C38H41N3O7S. The summed E-state index contributed by atoms with van der Waals surface area (Å²) < 4.78 is 21.5. The SMILES string of the molecule is CCOc1cc(CCNC(=O)OCCC2(C)SC(c3ccc(OCc4ccccc4)cc3)N(c3cccc(C(N)=O)c3)C2=O)ccc1OC. The van der Waals surface area contributed by atoms with Gasteiger partial charge >= 0.3 is 6.09 Å². The smallest absolute Gasteiger partial charge is 0.407 e. The Morgan fingerprint density at radius 1 is 0.918 bits per heavy atom. The molecule has 2 unspecified atom stereocenters. The van der Waals surface area contributed by atoms with Gasteiger partial charge in [-0.1, -0.05) is 54.6 Å². The van der Waals surface area contributed by atoms with E-state index in [9.17, 15) is 14.4 Å². The van der Waals surface area contributed by atoms with Crippen molar-refractivity contribution in [2.75, 3.05) is 31.8 Å². The Hall–Kier alpha value is -5.16. The number of thioether (sulfide) groups is 1. The van der Waals surface area contributed by atoms with Gasteiger partial charge in [0.15, 0.2) is 11.5 Å². The van der Waals surface area contributed by atoms with E-state index >= 15 is 0 Å². The molecule has 3 amide bonds. The molecular weight excluding hydrogens is 642 g/mol. The van der Waals surface area contributed by atoms with Crippen LogP contribution in [0.5, 0.6) is 17.2 Å². The average molecular weight is 684 g/mol. The minimum atomic E-state index is -0.922. The highest BCUT2D eigenvalue weighted by Gasteiger charge is 2.50. The summed E-state index contributed by atoms with van der Waals surface area (Å²) in [7, 11) is 1.59. The zero-order valence-corrected chi connectivity index (χ0v) is 28.7. The van der Waals surface area contributed by atoms with Gasteiger partial charge in [0, 0.05) is 24.2 Å². The number of rotatable bonds is 15. The van der Waals surface area contributed by atoms with Crippen LogP contribution in [0.3, 0.4) is 0 Å². The van der Waals surface area contributed by atoms with Crippen molar-refractivity contribution in [2.24, 2.45) is 5.73 Å². The number of amides is 3. The number of primary amides is 1. The van der Waals surface area contributed by atoms with E-state index < -0.39 is 22.1 Å². The molecule has 1 aliphatic rings. The zero-order chi connectivity index (χ0) is 34.8. The van der Waals surface area contributed by atoms with E-state index in [4.69, 9.17) is 24.7 Å². The van der Waals surface area contributed by atoms with Crippen LogP contribution in [0.1, 0.15) is 52.7 Å². The number of anilines is 1. The number of nitrogens with one attached hydrogen (secondary N) is 1. The number of carbonyl (C=O) groups excluding carboxylic acids is 3. The van der Waals surface area contributed by atoms with Crippen LogP contribution in [0.2, 0.25) is 0 Å². The standard InChI is InChI=1S/C38H41N3O7S/c1-4-46-33-23-26(13-18-32(33)45-3)19-21-40-37(44)47-22-20-38(2)36(43)41(30-12-8-11-29(24-30)34(39)42)35(49-38)28-14-16-31(17-15-28)48-25-27-9-6-5-7-10-27/h5-18,23-24,35H,4,19-22,25H2,1-3H3,(H2,39,42)(H,40,44). The predicted molar refractivity (Wildman–Crippen MR) is 190 cm³/mol. The fourth-order valence-corrected chi connectivity index (χ4v) is 6.98. The van der Waals surface area contributed by atoms with Crippen LogP contribution in [0.15, 0.2) is 97.1 Å². The summed E-state index contributed by atoms with van der Waals surface area (Å²) in [6.07, 6.45) is 0.287. The lowest BCUT2D eigenvalue weighted by Crippen LogP contribution is -2.38. The molecule has 0 aromatic heterocycles. The maximum atomic E-state index is 14.1. The highest BCUT2D eigenvalue weighted by molar-refractivity contribution is 8.02. The first kappa shape index (κ1) is 35.2. The van der Waals surface area contributed by atoms with Gasteiger partial charge in [0.2, 0.25) is 11.8 Å². The number of alkyl carbamates (subject to hydrolysis) is 1. The average Bonchev–Trinajstić information content (AvgIpc) is 3.38. The Labute approximate surface area is 290 Å². The number of hydrogen-bond donors (Lipinski definition) is 2. The van der Waals surface area contributed by atoms with Gasteiger partial charge in [-0.05, 0) is 79.4 Å². The van der Waals surface area contributed by atoms with E-state index in [-0.39, 0.29) is 18.9 Å². The number of methoxy groups -OCH3 is 1. The summed E-state index contributed by atoms with van der Waals surface area (Å²) in [5, 5.41) is 2.37. The Morgan fingerprint density at radius 3 is 2.41 bits per heavy atom. The van der Waals surface area contributed by atoms with Gasteiger partial charge in [-0.2, -0.15) is 0 Å². The van der Waals surface area contributed by atoms with Crippen LogP contribution in [0.4, 0.5) is 10.5 Å². The minimum absolute atomic E-state index is 0.0340. The molecule has 1 fully saturated rings. The fourth-order valence-electron chi connectivity index (χ4n) is 5.47. The topological polar surface area (TPSA) is 129 Å². The van der Waals surface area contributed by atoms with Crippen LogP contribution in [0.25, 0.3) is 0 Å². The number of nitrogens with two attached hydrogens (primary N) is 1. The largest absolute Gasteiger partial charge is 0.493 e. The van der Waals surface area contributed by atoms with Gasteiger partial charge in [0.1, 0.15) is 17.7 Å². The first-order chi connectivity index (χ1) is 23.7. The van der Waals surface area contributed by atoms with E-state index in [1.54, 1.807) is 36.3 Å². The van der Waals surface area contributed by atoms with Crippen molar-refractivity contribution >= 4 is 35.4 Å². The van der Waals surface area contributed by atoms with Gasteiger partial charge in [0.25, 0.3) is 0 Å². The quantitative estimate of drug-likeness (QED) is 0.142. The molecule has 256 valence electrons. The lowest BCUT2D eigenvalue weighted by Gasteiger charge is -2.25. The van der Waals surface area contributed by atoms with Crippen molar-refractivity contribution in [1.29, 1.82) is 0 Å². The number of carbonyl (C=O) groups is 3. The monoisotopic (exact) mass is 683 g/mol. The summed E-state index contributed by atoms with van der Waals surface area (Å²) >= 11 is 1.47. The third kappa shape index (κ3) is 8.85. The maximum absolute atomic E-state index is 14.1. The Bertz CT molecular complexity index is 1750. The highest BCUT2D eigenvalue weighted by atomic mass is 32.2. The molecule has 4 aromatic carbocycles. The molecule has 5 rings (SSSR count). The lowest BCUT2D eigenvalue weighted by atomic mass is 10.0. The summed E-state index contributed by atoms with van der Waals surface area (Å²) in [5.41, 5.74) is 9.34. The van der Waals surface area contributed by atoms with Crippen molar-refractivity contribution < 1.29 is 33.3 Å². The predicted octanol–water partition coefficient (Wildman–Crippen LogP) is 6.67. The number of nitrogens with zero attached hydrogens (tertiary/aromatic N) is 1. The zero-order valence-electron chi connectivity index (χ0n) is 27.8. The molecule has 1 heterocycles. The third-order valence-electron chi connectivity index (χ3n) is 8.12. The van der Waals surface area contributed by atoms with E-state index in [1.807, 2.05) is 86.6 Å². The summed E-state index contributed by atoms with van der Waals surface area (Å²) in [6.45, 7) is 5.10. The molecule has 4 aromatic rings. The number of benzene rings is 4. The van der Waals surface area contributed by atoms with Crippen molar-refractivity contribution in [3.8, 4) is 17.2 Å². The van der Waals surface area contributed by atoms with Gasteiger partial charge in [-0.15, -0.1) is 11.8 Å².